The maximum atomic E-state index is 6.21. The zero-order chi connectivity index (χ0) is 14.8. The number of hydrogen-bond donors (Lipinski definition) is 1. The van der Waals surface area contributed by atoms with Gasteiger partial charge in [0.15, 0.2) is 0 Å². The van der Waals surface area contributed by atoms with Gasteiger partial charge in [0.05, 0.1) is 10.6 Å². The van der Waals surface area contributed by atoms with E-state index in [0.29, 0.717) is 6.54 Å². The van der Waals surface area contributed by atoms with Gasteiger partial charge in [-0.1, -0.05) is 17.7 Å². The molecule has 3 nitrogen and oxygen atoms in total. The van der Waals surface area contributed by atoms with Crippen LogP contribution in [0.5, 0.6) is 0 Å². The number of ether oxygens (including phenoxy) is 1. The van der Waals surface area contributed by atoms with Gasteiger partial charge in [0.2, 0.25) is 0 Å². The Labute approximate surface area is 134 Å². The predicted octanol–water partition coefficient (Wildman–Crippen LogP) is 3.60. The normalized spacial score (nSPS) is 25.6. The Balaban J connectivity index is 2.21. The van der Waals surface area contributed by atoms with Gasteiger partial charge in [-0.3, -0.25) is 4.90 Å². The van der Waals surface area contributed by atoms with Gasteiger partial charge in [0, 0.05) is 30.7 Å². The largest absolute Gasteiger partial charge is 0.377 e. The third-order valence-corrected chi connectivity index (χ3v) is 5.41. The zero-order valence-corrected chi connectivity index (χ0v) is 14.4. The Bertz CT molecular complexity index is 471. The first-order valence-corrected chi connectivity index (χ1v) is 8.10. The Kier molecular flexibility index (Phi) is 5.49. The van der Waals surface area contributed by atoms with Gasteiger partial charge in [0.25, 0.3) is 0 Å². The van der Waals surface area contributed by atoms with Crippen molar-refractivity contribution in [3.05, 3.63) is 33.3 Å². The van der Waals surface area contributed by atoms with Crippen LogP contribution in [0.25, 0.3) is 0 Å². The average Bonchev–Trinajstić information content (AvgIpc) is 2.44. The monoisotopic (exact) mass is 360 g/mol. The predicted molar refractivity (Wildman–Crippen MR) is 87.2 cm³/mol. The molecule has 1 aliphatic rings. The van der Waals surface area contributed by atoms with E-state index in [1.54, 1.807) is 7.11 Å². The van der Waals surface area contributed by atoms with Gasteiger partial charge in [-0.25, -0.2) is 0 Å². The molecule has 0 aliphatic carbocycles. The second-order valence-electron chi connectivity index (χ2n) is 5.65. The van der Waals surface area contributed by atoms with Gasteiger partial charge in [-0.15, -0.1) is 0 Å². The molecule has 0 amide bonds. The van der Waals surface area contributed by atoms with Gasteiger partial charge in [-0.2, -0.15) is 0 Å². The molecule has 1 fully saturated rings. The molecule has 2 N–H and O–H groups in total. The summed E-state index contributed by atoms with van der Waals surface area (Å²) < 4.78 is 6.58. The molecule has 2 rings (SSSR count). The smallest absolute Gasteiger partial charge is 0.0777 e. The standard InChI is InChI=1S/C15H22BrClN2O/c1-15(20-2)6-3-7-19(10-15)14(9-18)11-4-5-12(16)13(17)8-11/h4-5,8,14H,3,6-7,9-10,18H2,1-2H3. The van der Waals surface area contributed by atoms with E-state index >= 15 is 0 Å². The van der Waals surface area contributed by atoms with Crippen molar-refractivity contribution in [3.8, 4) is 0 Å². The number of methoxy groups -OCH3 is 1. The van der Waals surface area contributed by atoms with Gasteiger partial charge in [0.1, 0.15) is 0 Å². The Hall–Kier alpha value is -0.130. The fourth-order valence-electron chi connectivity index (χ4n) is 2.89. The summed E-state index contributed by atoms with van der Waals surface area (Å²) in [5.41, 5.74) is 7.11. The highest BCUT2D eigenvalue weighted by Gasteiger charge is 2.34. The molecule has 1 aromatic rings. The average molecular weight is 362 g/mol. The summed E-state index contributed by atoms with van der Waals surface area (Å²) in [6, 6.07) is 6.27. The van der Waals surface area contributed by atoms with E-state index in [4.69, 9.17) is 22.1 Å². The highest BCUT2D eigenvalue weighted by molar-refractivity contribution is 9.10. The molecule has 112 valence electrons. The highest BCUT2D eigenvalue weighted by Crippen LogP contribution is 2.32. The molecule has 0 spiro atoms. The number of benzene rings is 1. The van der Waals surface area contributed by atoms with Crippen molar-refractivity contribution in [3.63, 3.8) is 0 Å². The second kappa shape index (κ2) is 6.75. The lowest BCUT2D eigenvalue weighted by molar-refractivity contribution is -0.0608. The fourth-order valence-corrected chi connectivity index (χ4v) is 3.33. The summed E-state index contributed by atoms with van der Waals surface area (Å²) in [5, 5.41) is 0.729. The lowest BCUT2D eigenvalue weighted by atomic mass is 9.92. The molecule has 0 saturated carbocycles. The lowest BCUT2D eigenvalue weighted by Crippen LogP contribution is -2.49. The third-order valence-electron chi connectivity index (χ3n) is 4.17. The van der Waals surface area contributed by atoms with Crippen LogP contribution in [0.4, 0.5) is 0 Å². The van der Waals surface area contributed by atoms with Crippen LogP contribution in [0.2, 0.25) is 5.02 Å². The van der Waals surface area contributed by atoms with E-state index in [2.05, 4.69) is 33.8 Å². The van der Waals surface area contributed by atoms with E-state index in [1.165, 1.54) is 5.56 Å². The van der Waals surface area contributed by atoms with Crippen molar-refractivity contribution in [2.24, 2.45) is 5.73 Å². The van der Waals surface area contributed by atoms with E-state index in [1.807, 2.05) is 12.1 Å². The molecule has 2 unspecified atom stereocenters. The zero-order valence-electron chi connectivity index (χ0n) is 12.0. The molecule has 0 bridgehead atoms. The van der Waals surface area contributed by atoms with Crippen LogP contribution >= 0.6 is 27.5 Å². The summed E-state index contributed by atoms with van der Waals surface area (Å²) in [4.78, 5) is 2.41. The molecule has 1 saturated heterocycles. The van der Waals surface area contributed by atoms with E-state index in [-0.39, 0.29) is 11.6 Å². The number of nitrogens with zero attached hydrogens (tertiary/aromatic N) is 1. The van der Waals surface area contributed by atoms with Crippen LogP contribution in [0, 0.1) is 0 Å². The number of hydrogen-bond acceptors (Lipinski definition) is 3. The van der Waals surface area contributed by atoms with Crippen molar-refractivity contribution >= 4 is 27.5 Å². The first-order chi connectivity index (χ1) is 9.49. The number of halogens is 2. The lowest BCUT2D eigenvalue weighted by Gasteiger charge is -2.43. The van der Waals surface area contributed by atoms with Crippen LogP contribution < -0.4 is 5.73 Å². The summed E-state index contributed by atoms with van der Waals surface area (Å²) in [6.45, 7) is 4.70. The Morgan fingerprint density at radius 2 is 2.30 bits per heavy atom. The summed E-state index contributed by atoms with van der Waals surface area (Å²) in [7, 11) is 1.79. The van der Waals surface area contributed by atoms with E-state index < -0.39 is 0 Å². The Morgan fingerprint density at radius 1 is 1.55 bits per heavy atom. The topological polar surface area (TPSA) is 38.5 Å². The van der Waals surface area contributed by atoms with Crippen LogP contribution in [-0.4, -0.2) is 37.2 Å². The van der Waals surface area contributed by atoms with Crippen LogP contribution in [0.15, 0.2) is 22.7 Å². The molecule has 1 aromatic carbocycles. The molecule has 5 heteroatoms. The van der Waals surface area contributed by atoms with Crippen molar-refractivity contribution < 1.29 is 4.74 Å². The summed E-state index contributed by atoms with van der Waals surface area (Å²) in [5.74, 6) is 0. The van der Waals surface area contributed by atoms with Gasteiger partial charge in [-0.05, 0) is 59.9 Å². The SMILES string of the molecule is COC1(C)CCCN(C(CN)c2ccc(Br)c(Cl)c2)C1. The van der Waals surface area contributed by atoms with Crippen molar-refractivity contribution in [2.75, 3.05) is 26.7 Å². The van der Waals surface area contributed by atoms with Crippen LogP contribution in [0.3, 0.4) is 0 Å². The number of nitrogens with two attached hydrogens (primary N) is 1. The maximum Gasteiger partial charge on any atom is 0.0777 e. The fraction of sp³-hybridized carbons (Fsp3) is 0.600. The van der Waals surface area contributed by atoms with Crippen molar-refractivity contribution in [1.29, 1.82) is 0 Å². The molecular weight excluding hydrogens is 340 g/mol. The first kappa shape index (κ1) is 16.2. The maximum absolute atomic E-state index is 6.21. The molecule has 2 atom stereocenters. The summed E-state index contributed by atoms with van der Waals surface area (Å²) >= 11 is 9.64. The minimum absolute atomic E-state index is 0.0785. The Morgan fingerprint density at radius 3 is 2.90 bits per heavy atom. The quantitative estimate of drug-likeness (QED) is 0.890. The molecule has 0 radical (unpaired) electrons. The highest BCUT2D eigenvalue weighted by atomic mass is 79.9. The molecular formula is C15H22BrClN2O. The first-order valence-electron chi connectivity index (χ1n) is 6.93. The minimum Gasteiger partial charge on any atom is -0.377 e. The van der Waals surface area contributed by atoms with Gasteiger partial charge < -0.3 is 10.5 Å². The van der Waals surface area contributed by atoms with Crippen LogP contribution in [-0.2, 0) is 4.74 Å². The van der Waals surface area contributed by atoms with Gasteiger partial charge >= 0.3 is 0 Å². The van der Waals surface area contributed by atoms with Crippen molar-refractivity contribution in [2.45, 2.75) is 31.4 Å². The van der Waals surface area contributed by atoms with E-state index in [0.717, 1.165) is 35.4 Å². The third kappa shape index (κ3) is 3.55. The number of likely N-dealkylation sites (tertiary alicyclic amines) is 1. The molecule has 1 aliphatic heterocycles. The molecule has 1 heterocycles. The molecule has 0 aromatic heterocycles. The van der Waals surface area contributed by atoms with Crippen molar-refractivity contribution in [1.82, 2.24) is 4.90 Å². The minimum atomic E-state index is -0.0785. The second-order valence-corrected chi connectivity index (χ2v) is 6.91. The molecule has 20 heavy (non-hydrogen) atoms. The van der Waals surface area contributed by atoms with Crippen LogP contribution in [0.1, 0.15) is 31.4 Å². The summed E-state index contributed by atoms with van der Waals surface area (Å²) in [6.07, 6.45) is 2.23. The number of piperidine rings is 1. The number of rotatable bonds is 4. The van der Waals surface area contributed by atoms with E-state index in [9.17, 15) is 0 Å².